The summed E-state index contributed by atoms with van der Waals surface area (Å²) < 4.78 is 0. The molecule has 1 fully saturated rings. The Hall–Kier alpha value is -1.95. The van der Waals surface area contributed by atoms with Crippen molar-refractivity contribution in [2.45, 2.75) is 19.4 Å². The van der Waals surface area contributed by atoms with Gasteiger partial charge in [-0.2, -0.15) is 0 Å². The Balaban J connectivity index is 2.46. The first-order valence-electron chi connectivity index (χ1n) is 5.30. The van der Waals surface area contributed by atoms with Crippen molar-refractivity contribution in [1.29, 1.82) is 0 Å². The second-order valence-corrected chi connectivity index (χ2v) is 4.22. The van der Waals surface area contributed by atoms with E-state index in [0.29, 0.717) is 12.2 Å². The zero-order valence-electron chi connectivity index (χ0n) is 9.42. The first-order valence-corrected chi connectivity index (χ1v) is 5.30. The van der Waals surface area contributed by atoms with Crippen LogP contribution in [-0.4, -0.2) is 23.4 Å². The predicted molar refractivity (Wildman–Crippen MR) is 62.8 cm³/mol. The minimum Gasteiger partial charge on any atom is -0.326 e. The average Bonchev–Trinajstić information content (AvgIpc) is 2.57. The number of amides is 1. The maximum Gasteiger partial charge on any atom is 0.292 e. The summed E-state index contributed by atoms with van der Waals surface area (Å²) in [6, 6.07) is 4.47. The number of nitrogens with zero attached hydrogens (tertiary/aromatic N) is 2. The molecule has 1 aliphatic rings. The molecule has 6 heteroatoms. The lowest BCUT2D eigenvalue weighted by atomic mass is 10.2. The van der Waals surface area contributed by atoms with Gasteiger partial charge in [-0.15, -0.1) is 0 Å². The number of aryl methyl sites for hydroxylation is 1. The van der Waals surface area contributed by atoms with Crippen molar-refractivity contribution < 1.29 is 9.72 Å². The molecule has 2 rings (SSSR count). The number of nitro benzene ring substituents is 1. The van der Waals surface area contributed by atoms with E-state index in [0.717, 1.165) is 5.56 Å². The van der Waals surface area contributed by atoms with E-state index in [1.807, 2.05) is 6.92 Å². The normalized spacial score (nSPS) is 19.8. The summed E-state index contributed by atoms with van der Waals surface area (Å²) in [7, 11) is 0. The van der Waals surface area contributed by atoms with Crippen LogP contribution in [0.15, 0.2) is 18.2 Å². The number of carbonyl (C=O) groups is 1. The van der Waals surface area contributed by atoms with Crippen LogP contribution in [0.25, 0.3) is 0 Å². The Bertz CT molecular complexity index is 487. The Morgan fingerprint density at radius 1 is 1.53 bits per heavy atom. The summed E-state index contributed by atoms with van der Waals surface area (Å²) in [5.74, 6) is -0.161. The highest BCUT2D eigenvalue weighted by Crippen LogP contribution is 2.31. The third kappa shape index (κ3) is 2.12. The maximum atomic E-state index is 11.7. The van der Waals surface area contributed by atoms with E-state index in [2.05, 4.69) is 0 Å². The molecule has 1 amide bonds. The molecule has 1 unspecified atom stereocenters. The molecule has 1 aliphatic heterocycles. The van der Waals surface area contributed by atoms with Crippen LogP contribution in [0.1, 0.15) is 12.0 Å². The molecular weight excluding hydrogens is 222 g/mol. The van der Waals surface area contributed by atoms with Gasteiger partial charge in [0.2, 0.25) is 5.91 Å². The molecule has 17 heavy (non-hydrogen) atoms. The van der Waals surface area contributed by atoms with Gasteiger partial charge in [0, 0.05) is 25.1 Å². The molecule has 0 aliphatic carbocycles. The van der Waals surface area contributed by atoms with Crippen LogP contribution in [0.3, 0.4) is 0 Å². The highest BCUT2D eigenvalue weighted by molar-refractivity contribution is 5.98. The Kier molecular flexibility index (Phi) is 2.81. The van der Waals surface area contributed by atoms with Gasteiger partial charge in [0.15, 0.2) is 0 Å². The van der Waals surface area contributed by atoms with Gasteiger partial charge in [0.05, 0.1) is 4.92 Å². The van der Waals surface area contributed by atoms with Gasteiger partial charge in [-0.05, 0) is 18.6 Å². The van der Waals surface area contributed by atoms with Crippen LogP contribution < -0.4 is 10.6 Å². The van der Waals surface area contributed by atoms with E-state index in [9.17, 15) is 14.9 Å². The van der Waals surface area contributed by atoms with E-state index in [1.165, 1.54) is 11.0 Å². The molecule has 2 N–H and O–H groups in total. The summed E-state index contributed by atoms with van der Waals surface area (Å²) in [4.78, 5) is 23.5. The van der Waals surface area contributed by atoms with E-state index < -0.39 is 4.92 Å². The fraction of sp³-hybridized carbons (Fsp3) is 0.364. The Morgan fingerprint density at radius 3 is 2.76 bits per heavy atom. The largest absolute Gasteiger partial charge is 0.326 e. The van der Waals surface area contributed by atoms with E-state index in [1.54, 1.807) is 12.1 Å². The number of nitro groups is 1. The minimum atomic E-state index is -0.480. The predicted octanol–water partition coefficient (Wildman–Crippen LogP) is 0.967. The Morgan fingerprint density at radius 2 is 2.24 bits per heavy atom. The van der Waals surface area contributed by atoms with Crippen molar-refractivity contribution in [3.05, 3.63) is 33.9 Å². The molecule has 1 heterocycles. The first kappa shape index (κ1) is 11.5. The van der Waals surface area contributed by atoms with Crippen LogP contribution in [0.2, 0.25) is 0 Å². The molecule has 1 aromatic rings. The molecular formula is C11H13N3O3. The average molecular weight is 235 g/mol. The maximum absolute atomic E-state index is 11.7. The molecule has 0 bridgehead atoms. The topological polar surface area (TPSA) is 89.5 Å². The summed E-state index contributed by atoms with van der Waals surface area (Å²) in [6.07, 6.45) is 0.241. The lowest BCUT2D eigenvalue weighted by molar-refractivity contribution is -0.384. The second kappa shape index (κ2) is 4.14. The number of hydrogen-bond acceptors (Lipinski definition) is 4. The fourth-order valence-corrected chi connectivity index (χ4v) is 1.97. The number of nitrogens with two attached hydrogens (primary N) is 1. The van der Waals surface area contributed by atoms with Gasteiger partial charge in [0.25, 0.3) is 5.69 Å². The number of hydrogen-bond donors (Lipinski definition) is 1. The summed E-state index contributed by atoms with van der Waals surface area (Å²) in [6.45, 7) is 2.16. The zero-order valence-corrected chi connectivity index (χ0v) is 9.42. The van der Waals surface area contributed by atoms with Crippen molar-refractivity contribution in [1.82, 2.24) is 0 Å². The van der Waals surface area contributed by atoms with E-state index in [-0.39, 0.29) is 24.1 Å². The van der Waals surface area contributed by atoms with Crippen LogP contribution >= 0.6 is 0 Å². The number of carbonyl (C=O) groups excluding carboxylic acids is 1. The summed E-state index contributed by atoms with van der Waals surface area (Å²) in [5.41, 5.74) is 6.84. The summed E-state index contributed by atoms with van der Waals surface area (Å²) >= 11 is 0. The van der Waals surface area contributed by atoms with Gasteiger partial charge < -0.3 is 10.6 Å². The molecule has 0 aromatic heterocycles. The lowest BCUT2D eigenvalue weighted by Crippen LogP contribution is -2.28. The standard InChI is InChI=1S/C11H13N3O3/c1-7-2-3-9(14(16)17)10(4-7)13-6-8(12)5-11(13)15/h2-4,8H,5-6,12H2,1H3. The fourth-order valence-electron chi connectivity index (χ4n) is 1.97. The molecule has 1 saturated heterocycles. The Labute approximate surface area is 98.2 Å². The smallest absolute Gasteiger partial charge is 0.292 e. The van der Waals surface area contributed by atoms with Crippen molar-refractivity contribution >= 4 is 17.3 Å². The van der Waals surface area contributed by atoms with Crippen molar-refractivity contribution in [2.24, 2.45) is 5.73 Å². The van der Waals surface area contributed by atoms with E-state index in [4.69, 9.17) is 5.73 Å². The van der Waals surface area contributed by atoms with Gasteiger partial charge >= 0.3 is 0 Å². The van der Waals surface area contributed by atoms with Crippen LogP contribution in [0.5, 0.6) is 0 Å². The van der Waals surface area contributed by atoms with Gasteiger partial charge in [-0.25, -0.2) is 0 Å². The summed E-state index contributed by atoms with van der Waals surface area (Å²) in [5, 5.41) is 10.9. The molecule has 0 saturated carbocycles. The molecule has 1 atom stereocenters. The monoisotopic (exact) mass is 235 g/mol. The molecule has 90 valence electrons. The highest BCUT2D eigenvalue weighted by Gasteiger charge is 2.32. The minimum absolute atomic E-state index is 0.0574. The van der Waals surface area contributed by atoms with Crippen molar-refractivity contribution in [3.63, 3.8) is 0 Å². The lowest BCUT2D eigenvalue weighted by Gasteiger charge is -2.16. The van der Waals surface area contributed by atoms with Crippen LogP contribution in [-0.2, 0) is 4.79 Å². The van der Waals surface area contributed by atoms with Crippen LogP contribution in [0, 0.1) is 17.0 Å². The van der Waals surface area contributed by atoms with Crippen molar-refractivity contribution in [3.8, 4) is 0 Å². The molecule has 0 spiro atoms. The van der Waals surface area contributed by atoms with Gasteiger partial charge in [0.1, 0.15) is 5.69 Å². The molecule has 1 aromatic carbocycles. The zero-order chi connectivity index (χ0) is 12.6. The van der Waals surface area contributed by atoms with Crippen LogP contribution in [0.4, 0.5) is 11.4 Å². The molecule has 0 radical (unpaired) electrons. The first-order chi connectivity index (χ1) is 7.99. The van der Waals surface area contributed by atoms with E-state index >= 15 is 0 Å². The third-order valence-electron chi connectivity index (χ3n) is 2.77. The number of rotatable bonds is 2. The highest BCUT2D eigenvalue weighted by atomic mass is 16.6. The van der Waals surface area contributed by atoms with Crippen molar-refractivity contribution in [2.75, 3.05) is 11.4 Å². The quantitative estimate of drug-likeness (QED) is 0.610. The number of benzene rings is 1. The third-order valence-corrected chi connectivity index (χ3v) is 2.77. The molecule has 6 nitrogen and oxygen atoms in total. The number of anilines is 1. The van der Waals surface area contributed by atoms with Gasteiger partial charge in [-0.3, -0.25) is 14.9 Å². The second-order valence-electron chi connectivity index (χ2n) is 4.22. The van der Waals surface area contributed by atoms with Gasteiger partial charge in [-0.1, -0.05) is 6.07 Å². The SMILES string of the molecule is Cc1ccc([N+](=O)[O-])c(N2CC(N)CC2=O)c1.